The number of hydrogen-bond donors (Lipinski definition) is 0. The van der Waals surface area contributed by atoms with Gasteiger partial charge in [0.25, 0.3) is 0 Å². The molecular weight excluding hydrogens is 542 g/mol. The van der Waals surface area contributed by atoms with Crippen LogP contribution in [0.25, 0.3) is 0 Å². The van der Waals surface area contributed by atoms with Gasteiger partial charge in [0, 0.05) is 0 Å². The van der Waals surface area contributed by atoms with Crippen molar-refractivity contribution in [1.29, 1.82) is 0 Å². The van der Waals surface area contributed by atoms with Gasteiger partial charge in [-0.05, 0) is 0 Å². The minimum atomic E-state index is -4.14. The Labute approximate surface area is 247 Å². The first-order chi connectivity index (χ1) is 18.5. The maximum atomic E-state index is 14.6. The Hall–Kier alpha value is 0.730. The molecule has 0 N–H and O–H groups in total. The topological polar surface area (TPSA) is 52.6 Å². The van der Waals surface area contributed by atoms with E-state index in [1.807, 2.05) is 0 Å². The van der Waals surface area contributed by atoms with Crippen molar-refractivity contribution in [2.24, 2.45) is 0 Å². The van der Waals surface area contributed by atoms with E-state index in [9.17, 15) is 8.42 Å². The fourth-order valence-corrected chi connectivity index (χ4v) is 25.1. The molecular formula is C32H72O4P2S. The molecule has 0 saturated heterocycles. The third-order valence-corrected chi connectivity index (χ3v) is 25.6. The van der Waals surface area contributed by atoms with Crippen LogP contribution >= 0.6 is 13.7 Å². The van der Waals surface area contributed by atoms with Crippen LogP contribution in [-0.4, -0.2) is 57.7 Å². The van der Waals surface area contributed by atoms with Crippen LogP contribution in [0, 0.1) is 0 Å². The van der Waals surface area contributed by atoms with E-state index in [4.69, 9.17) is 7.94 Å². The molecule has 0 aromatic rings. The van der Waals surface area contributed by atoms with E-state index < -0.39 is 24.1 Å². The molecule has 0 unspecified atom stereocenters. The van der Waals surface area contributed by atoms with Crippen LogP contribution in [0.4, 0.5) is 0 Å². The van der Waals surface area contributed by atoms with Gasteiger partial charge in [-0.2, -0.15) is 0 Å². The molecule has 0 aromatic heterocycles. The molecule has 0 spiro atoms. The molecule has 0 amide bonds. The van der Waals surface area contributed by atoms with Gasteiger partial charge in [0.1, 0.15) is 0 Å². The molecule has 39 heavy (non-hydrogen) atoms. The monoisotopic (exact) mass is 614 g/mol. The number of rotatable bonds is 28. The molecule has 0 fully saturated rings. The van der Waals surface area contributed by atoms with Gasteiger partial charge < -0.3 is 0 Å². The van der Waals surface area contributed by atoms with Gasteiger partial charge >= 0.3 is 248 Å². The average molecular weight is 615 g/mol. The first kappa shape index (κ1) is 39.7. The molecule has 0 aromatic carbocycles. The summed E-state index contributed by atoms with van der Waals surface area (Å²) in [7, 11) is -4.14. The van der Waals surface area contributed by atoms with Gasteiger partial charge in [-0.15, -0.1) is 0 Å². The fraction of sp³-hybridized carbons (Fsp3) is 1.00. The van der Waals surface area contributed by atoms with Crippen LogP contribution in [0.5, 0.6) is 0 Å². The molecule has 0 heterocycles. The van der Waals surface area contributed by atoms with Crippen LogP contribution < -0.4 is 0 Å². The van der Waals surface area contributed by atoms with E-state index in [0.717, 1.165) is 152 Å². The van der Waals surface area contributed by atoms with E-state index in [0.29, 0.717) is 0 Å². The zero-order chi connectivity index (χ0) is 29.8. The van der Waals surface area contributed by atoms with Gasteiger partial charge in [-0.1, -0.05) is 0 Å². The first-order valence-electron chi connectivity index (χ1n) is 17.2. The number of hydrogen-bond acceptors (Lipinski definition) is 4. The summed E-state index contributed by atoms with van der Waals surface area (Å²) in [4.78, 5) is 0. The Kier molecular flexibility index (Phi) is 20.2. The zero-order valence-electron chi connectivity index (χ0n) is 27.9. The predicted octanol–water partition coefficient (Wildman–Crippen LogP) is 11.6. The minimum absolute atomic E-state index is 0.939. The van der Waals surface area contributed by atoms with Gasteiger partial charge in [0.15, 0.2) is 0 Å². The Morgan fingerprint density at radius 3 is 0.641 bits per heavy atom. The third-order valence-electron chi connectivity index (χ3n) is 9.22. The van der Waals surface area contributed by atoms with Crippen LogP contribution in [0.15, 0.2) is 0 Å². The van der Waals surface area contributed by atoms with E-state index >= 15 is 0 Å². The molecule has 0 radical (unpaired) electrons. The van der Waals surface area contributed by atoms with Crippen molar-refractivity contribution in [3.8, 4) is 0 Å². The summed E-state index contributed by atoms with van der Waals surface area (Å²) in [5, 5.41) is 0. The molecule has 0 aliphatic heterocycles. The van der Waals surface area contributed by atoms with Gasteiger partial charge in [-0.3, -0.25) is 0 Å². The summed E-state index contributed by atoms with van der Waals surface area (Å²) in [6.07, 6.45) is 24.5. The van der Waals surface area contributed by atoms with Crippen molar-refractivity contribution in [3.63, 3.8) is 0 Å². The van der Waals surface area contributed by atoms with Gasteiger partial charge in [0.2, 0.25) is 0 Å². The molecule has 7 heteroatoms. The second kappa shape index (κ2) is 19.8. The summed E-state index contributed by atoms with van der Waals surface area (Å²) < 4.78 is 43.1. The molecule has 0 saturated carbocycles. The van der Waals surface area contributed by atoms with Crippen molar-refractivity contribution < 1.29 is 16.4 Å². The van der Waals surface area contributed by atoms with Crippen molar-refractivity contribution in [1.82, 2.24) is 0 Å². The Balaban J connectivity index is 7.05. The molecule has 240 valence electrons. The maximum absolute atomic E-state index is 14.6. The van der Waals surface area contributed by atoms with Crippen LogP contribution in [0.3, 0.4) is 0 Å². The summed E-state index contributed by atoms with van der Waals surface area (Å²) in [5.41, 5.74) is 0. The molecule has 0 bridgehead atoms. The Morgan fingerprint density at radius 1 is 0.359 bits per heavy atom. The fourth-order valence-electron chi connectivity index (χ4n) is 6.63. The second-order valence-corrected chi connectivity index (χ2v) is 25.9. The predicted molar refractivity (Wildman–Crippen MR) is 183 cm³/mol. The van der Waals surface area contributed by atoms with Crippen LogP contribution in [0.1, 0.15) is 158 Å². The molecule has 4 nitrogen and oxygen atoms in total. The second-order valence-electron chi connectivity index (χ2n) is 12.9. The quantitative estimate of drug-likeness (QED) is 0.0823. The Bertz CT molecular complexity index is 585. The first-order valence-corrected chi connectivity index (χ1v) is 24.3. The van der Waals surface area contributed by atoms with Gasteiger partial charge in [-0.25, -0.2) is 0 Å². The van der Waals surface area contributed by atoms with Crippen molar-refractivity contribution in [2.45, 2.75) is 158 Å². The van der Waals surface area contributed by atoms with E-state index in [1.165, 1.54) is 0 Å². The summed E-state index contributed by atoms with van der Waals surface area (Å²) >= 11 is 0. The van der Waals surface area contributed by atoms with Crippen molar-refractivity contribution in [2.75, 3.05) is 49.3 Å². The van der Waals surface area contributed by atoms with E-state index in [2.05, 4.69) is 55.4 Å². The molecule has 0 atom stereocenters. The molecule has 0 aliphatic rings. The van der Waals surface area contributed by atoms with Crippen LogP contribution in [0.2, 0.25) is 0 Å². The summed E-state index contributed by atoms with van der Waals surface area (Å²) in [6, 6.07) is 0. The summed E-state index contributed by atoms with van der Waals surface area (Å²) in [5.74, 6) is 0. The SMILES string of the molecule is CCCCP(CCCC)(CCCC)(CCCC)OS(=O)(=O)OP(CCCC)(CCCC)(CCCC)CCCC. The third kappa shape index (κ3) is 13.3. The van der Waals surface area contributed by atoms with Crippen molar-refractivity contribution >= 4 is 24.1 Å². The standard InChI is InChI=1S/C32H72O4P2S/c1-9-17-25-37(26-18-10-2,27-19-11-3,28-20-12-4)35-39(33,34)36-38(29-21-13-5,30-22-14-6,31-23-15-7)32-24-16-8/h9-32H2,1-8H3. The average Bonchev–Trinajstić information content (AvgIpc) is 2.93. The zero-order valence-corrected chi connectivity index (χ0v) is 30.5. The van der Waals surface area contributed by atoms with Crippen LogP contribution in [-0.2, 0) is 18.3 Å². The molecule has 0 rings (SSSR count). The normalized spacial score (nSPS) is 15.1. The van der Waals surface area contributed by atoms with Gasteiger partial charge in [0.05, 0.1) is 0 Å². The summed E-state index contributed by atoms with van der Waals surface area (Å²) in [6.45, 7) is 11.8. The van der Waals surface area contributed by atoms with E-state index in [-0.39, 0.29) is 0 Å². The molecule has 0 aliphatic carbocycles. The van der Waals surface area contributed by atoms with E-state index in [1.54, 1.807) is 0 Å². The Morgan fingerprint density at radius 2 is 0.513 bits per heavy atom. The van der Waals surface area contributed by atoms with Crippen molar-refractivity contribution in [3.05, 3.63) is 0 Å². The number of unbranched alkanes of at least 4 members (excludes halogenated alkanes) is 8.